The van der Waals surface area contributed by atoms with E-state index in [-0.39, 0.29) is 11.9 Å². The van der Waals surface area contributed by atoms with Gasteiger partial charge >= 0.3 is 0 Å². The Labute approximate surface area is 97.0 Å². The minimum absolute atomic E-state index is 0.0183. The predicted octanol–water partition coefficient (Wildman–Crippen LogP) is 1.34. The van der Waals surface area contributed by atoms with Crippen LogP contribution in [0, 0.1) is 0 Å². The number of carbonyl (C=O) groups is 1. The molecule has 1 amide bonds. The van der Waals surface area contributed by atoms with Gasteiger partial charge in [0.05, 0.1) is 6.04 Å². The Morgan fingerprint density at radius 1 is 1.40 bits per heavy atom. The highest BCUT2D eigenvalue weighted by Crippen LogP contribution is 2.09. The van der Waals surface area contributed by atoms with E-state index in [1.807, 2.05) is 11.8 Å². The maximum atomic E-state index is 11.9. The summed E-state index contributed by atoms with van der Waals surface area (Å²) in [5.41, 5.74) is 0. The number of amides is 1. The summed E-state index contributed by atoms with van der Waals surface area (Å²) in [4.78, 5) is 13.9. The Bertz CT molecular complexity index is 193. The molecule has 1 rings (SSSR count). The topological polar surface area (TPSA) is 32.3 Å². The molecule has 0 aliphatic carbocycles. The smallest absolute Gasteiger partial charge is 0.239 e. The van der Waals surface area contributed by atoms with Gasteiger partial charge in [-0.25, -0.2) is 0 Å². The monoisotopic (exact) mass is 230 g/mol. The molecule has 0 spiro atoms. The van der Waals surface area contributed by atoms with Gasteiger partial charge in [-0.15, -0.1) is 0 Å². The molecule has 1 atom stereocenters. The zero-order valence-electron chi connectivity index (χ0n) is 9.79. The van der Waals surface area contributed by atoms with Crippen molar-refractivity contribution < 1.29 is 4.79 Å². The molecule has 0 bridgehead atoms. The van der Waals surface area contributed by atoms with Crippen LogP contribution in [0.15, 0.2) is 0 Å². The quantitative estimate of drug-likeness (QED) is 0.723. The van der Waals surface area contributed by atoms with Crippen LogP contribution in [0.4, 0.5) is 0 Å². The van der Waals surface area contributed by atoms with Gasteiger partial charge in [0.15, 0.2) is 0 Å². The molecular formula is C11H22N2OS. The summed E-state index contributed by atoms with van der Waals surface area (Å²) < 4.78 is 0. The summed E-state index contributed by atoms with van der Waals surface area (Å²) in [6.07, 6.45) is 5.70. The van der Waals surface area contributed by atoms with Gasteiger partial charge in [-0.2, -0.15) is 11.8 Å². The van der Waals surface area contributed by atoms with E-state index in [4.69, 9.17) is 0 Å². The number of carbonyl (C=O) groups excluding carboxylic acids is 1. The van der Waals surface area contributed by atoms with E-state index in [9.17, 15) is 4.79 Å². The average molecular weight is 230 g/mol. The van der Waals surface area contributed by atoms with Gasteiger partial charge in [0.25, 0.3) is 0 Å². The van der Waals surface area contributed by atoms with Gasteiger partial charge < -0.3 is 10.2 Å². The van der Waals surface area contributed by atoms with E-state index < -0.39 is 0 Å². The first-order valence-corrected chi connectivity index (χ1v) is 7.16. The van der Waals surface area contributed by atoms with Crippen LogP contribution in [0.2, 0.25) is 0 Å². The third kappa shape index (κ3) is 4.43. The Morgan fingerprint density at radius 3 is 2.67 bits per heavy atom. The van der Waals surface area contributed by atoms with Crippen molar-refractivity contribution in [2.45, 2.75) is 32.2 Å². The minimum atomic E-state index is -0.0183. The van der Waals surface area contributed by atoms with Crippen LogP contribution in [0.3, 0.4) is 0 Å². The molecule has 0 aromatic heterocycles. The van der Waals surface area contributed by atoms with Gasteiger partial charge in [0.2, 0.25) is 5.91 Å². The zero-order valence-corrected chi connectivity index (χ0v) is 10.6. The maximum absolute atomic E-state index is 11.9. The van der Waals surface area contributed by atoms with Crippen molar-refractivity contribution in [2.24, 2.45) is 0 Å². The molecule has 1 unspecified atom stereocenters. The van der Waals surface area contributed by atoms with E-state index in [0.717, 1.165) is 25.4 Å². The fourth-order valence-corrected chi connectivity index (χ4v) is 2.17. The first-order chi connectivity index (χ1) is 7.25. The lowest BCUT2D eigenvalue weighted by Gasteiger charge is -2.29. The average Bonchev–Trinajstić information content (AvgIpc) is 2.29. The van der Waals surface area contributed by atoms with E-state index in [1.54, 1.807) is 11.8 Å². The minimum Gasteiger partial charge on any atom is -0.341 e. The van der Waals surface area contributed by atoms with Gasteiger partial charge in [-0.3, -0.25) is 4.79 Å². The van der Waals surface area contributed by atoms with E-state index in [2.05, 4.69) is 11.6 Å². The molecule has 3 nitrogen and oxygen atoms in total. The molecule has 1 aliphatic rings. The molecule has 1 heterocycles. The van der Waals surface area contributed by atoms with Crippen LogP contribution in [0.1, 0.15) is 26.2 Å². The Balaban J connectivity index is 2.24. The molecule has 4 heteroatoms. The zero-order chi connectivity index (χ0) is 11.1. The number of nitrogens with one attached hydrogen (secondary N) is 1. The van der Waals surface area contributed by atoms with Crippen LogP contribution >= 0.6 is 11.8 Å². The van der Waals surface area contributed by atoms with Crippen molar-refractivity contribution in [2.75, 3.05) is 31.6 Å². The summed E-state index contributed by atoms with van der Waals surface area (Å²) in [7, 11) is 0. The molecule has 1 aliphatic heterocycles. The Kier molecular flexibility index (Phi) is 6.10. The summed E-state index contributed by atoms with van der Waals surface area (Å²) in [5.74, 6) is 1.34. The van der Waals surface area contributed by atoms with E-state index in [1.165, 1.54) is 19.3 Å². The largest absolute Gasteiger partial charge is 0.341 e. The van der Waals surface area contributed by atoms with Gasteiger partial charge in [-0.1, -0.05) is 0 Å². The second-order valence-electron chi connectivity index (χ2n) is 4.05. The van der Waals surface area contributed by atoms with Crippen LogP contribution < -0.4 is 5.32 Å². The summed E-state index contributed by atoms with van der Waals surface area (Å²) >= 11 is 1.80. The molecule has 0 aromatic rings. The van der Waals surface area contributed by atoms with Crippen molar-refractivity contribution in [1.29, 1.82) is 0 Å². The fourth-order valence-electron chi connectivity index (χ4n) is 1.85. The summed E-state index contributed by atoms with van der Waals surface area (Å²) in [5, 5.41) is 3.27. The number of rotatable bonds is 5. The van der Waals surface area contributed by atoms with Crippen molar-refractivity contribution in [3.05, 3.63) is 0 Å². The molecule has 0 radical (unpaired) electrons. The maximum Gasteiger partial charge on any atom is 0.239 e. The number of nitrogens with zero attached hydrogens (tertiary/aromatic N) is 1. The SMILES string of the molecule is CSCCNC(C)C(=O)N1CCCCC1. The first kappa shape index (κ1) is 12.8. The Hall–Kier alpha value is -0.220. The lowest BCUT2D eigenvalue weighted by Crippen LogP contribution is -2.47. The third-order valence-electron chi connectivity index (χ3n) is 2.79. The molecule has 15 heavy (non-hydrogen) atoms. The summed E-state index contributed by atoms with van der Waals surface area (Å²) in [6.45, 7) is 4.79. The van der Waals surface area contributed by atoms with E-state index in [0.29, 0.717) is 0 Å². The summed E-state index contributed by atoms with van der Waals surface area (Å²) in [6, 6.07) is -0.0183. The van der Waals surface area contributed by atoms with Crippen LogP contribution in [0.25, 0.3) is 0 Å². The number of likely N-dealkylation sites (tertiary alicyclic amines) is 1. The molecular weight excluding hydrogens is 208 g/mol. The lowest BCUT2D eigenvalue weighted by atomic mass is 10.1. The molecule has 0 aromatic carbocycles. The van der Waals surface area contributed by atoms with Crippen LogP contribution in [-0.2, 0) is 4.79 Å². The molecule has 0 saturated carbocycles. The molecule has 1 fully saturated rings. The predicted molar refractivity (Wildman–Crippen MR) is 66.3 cm³/mol. The number of hydrogen-bond donors (Lipinski definition) is 1. The third-order valence-corrected chi connectivity index (χ3v) is 3.41. The van der Waals surface area contributed by atoms with E-state index >= 15 is 0 Å². The highest BCUT2D eigenvalue weighted by molar-refractivity contribution is 7.98. The molecule has 88 valence electrons. The first-order valence-electron chi connectivity index (χ1n) is 5.77. The fraction of sp³-hybridized carbons (Fsp3) is 0.909. The second-order valence-corrected chi connectivity index (χ2v) is 5.04. The Morgan fingerprint density at radius 2 is 2.07 bits per heavy atom. The van der Waals surface area contributed by atoms with Crippen LogP contribution in [-0.4, -0.2) is 48.5 Å². The van der Waals surface area contributed by atoms with Crippen molar-refractivity contribution in [3.63, 3.8) is 0 Å². The second kappa shape index (κ2) is 7.12. The van der Waals surface area contributed by atoms with Gasteiger partial charge in [0.1, 0.15) is 0 Å². The highest BCUT2D eigenvalue weighted by atomic mass is 32.2. The number of piperidine rings is 1. The highest BCUT2D eigenvalue weighted by Gasteiger charge is 2.21. The number of thioether (sulfide) groups is 1. The van der Waals surface area contributed by atoms with Crippen molar-refractivity contribution in [3.8, 4) is 0 Å². The van der Waals surface area contributed by atoms with Gasteiger partial charge in [0, 0.05) is 25.4 Å². The molecule has 1 saturated heterocycles. The van der Waals surface area contributed by atoms with Crippen molar-refractivity contribution in [1.82, 2.24) is 10.2 Å². The van der Waals surface area contributed by atoms with Crippen molar-refractivity contribution >= 4 is 17.7 Å². The lowest BCUT2D eigenvalue weighted by molar-refractivity contribution is -0.133. The number of hydrogen-bond acceptors (Lipinski definition) is 3. The molecule has 1 N–H and O–H groups in total. The van der Waals surface area contributed by atoms with Gasteiger partial charge in [-0.05, 0) is 32.4 Å². The van der Waals surface area contributed by atoms with Crippen LogP contribution in [0.5, 0.6) is 0 Å². The normalized spacial score (nSPS) is 18.9. The standard InChI is InChI=1S/C11H22N2OS/c1-10(12-6-9-15-2)11(14)13-7-4-3-5-8-13/h10,12H,3-9H2,1-2H3.